The van der Waals surface area contributed by atoms with Gasteiger partial charge in [-0.1, -0.05) is 17.7 Å². The van der Waals surface area contributed by atoms with Gasteiger partial charge in [0.1, 0.15) is 4.90 Å². The minimum atomic E-state index is -3.72. The van der Waals surface area contributed by atoms with Crippen LogP contribution >= 0.6 is 11.6 Å². The lowest BCUT2D eigenvalue weighted by atomic mass is 9.95. The standard InChI is InChI=1S/C14H20ClNO4S/c1-14(2)8-11(5-6-20-14)16-21(18,19)13-7-10(9-17)3-4-12(13)15/h3-4,7,11,16-17H,5-6,8-9H2,1-2H3. The molecule has 0 bridgehead atoms. The number of nitrogens with one attached hydrogen (secondary N) is 1. The van der Waals surface area contributed by atoms with E-state index < -0.39 is 10.0 Å². The van der Waals surface area contributed by atoms with Crippen LogP contribution in [0.4, 0.5) is 0 Å². The summed E-state index contributed by atoms with van der Waals surface area (Å²) in [7, 11) is -3.72. The highest BCUT2D eigenvalue weighted by molar-refractivity contribution is 7.89. The maximum absolute atomic E-state index is 12.5. The van der Waals surface area contributed by atoms with E-state index in [9.17, 15) is 8.42 Å². The molecule has 1 atom stereocenters. The molecule has 0 saturated carbocycles. The van der Waals surface area contributed by atoms with Crippen LogP contribution in [0.3, 0.4) is 0 Å². The summed E-state index contributed by atoms with van der Waals surface area (Å²) in [6.45, 7) is 4.16. The van der Waals surface area contributed by atoms with Crippen LogP contribution in [-0.4, -0.2) is 31.8 Å². The SMILES string of the molecule is CC1(C)CC(NS(=O)(=O)c2cc(CO)ccc2Cl)CCO1. The van der Waals surface area contributed by atoms with E-state index in [1.807, 2.05) is 13.8 Å². The van der Waals surface area contributed by atoms with Crippen LogP contribution in [0.2, 0.25) is 5.02 Å². The van der Waals surface area contributed by atoms with Crippen molar-refractivity contribution in [1.29, 1.82) is 0 Å². The summed E-state index contributed by atoms with van der Waals surface area (Å²) in [4.78, 5) is 0.0000135. The van der Waals surface area contributed by atoms with Crippen LogP contribution in [0.1, 0.15) is 32.3 Å². The number of aliphatic hydroxyl groups excluding tert-OH is 1. The molecule has 0 aromatic heterocycles. The Balaban J connectivity index is 2.22. The Morgan fingerprint density at radius 2 is 2.19 bits per heavy atom. The first-order valence-electron chi connectivity index (χ1n) is 6.79. The summed E-state index contributed by atoms with van der Waals surface area (Å²) in [5, 5.41) is 9.28. The van der Waals surface area contributed by atoms with Gasteiger partial charge >= 0.3 is 0 Å². The van der Waals surface area contributed by atoms with E-state index in [2.05, 4.69) is 4.72 Å². The number of hydrogen-bond donors (Lipinski definition) is 2. The molecule has 1 heterocycles. The largest absolute Gasteiger partial charge is 0.392 e. The molecule has 21 heavy (non-hydrogen) atoms. The first-order chi connectivity index (χ1) is 9.73. The summed E-state index contributed by atoms with van der Waals surface area (Å²) in [6, 6.07) is 4.29. The molecule has 5 nitrogen and oxygen atoms in total. The van der Waals surface area contributed by atoms with E-state index in [1.165, 1.54) is 12.1 Å². The number of benzene rings is 1. The van der Waals surface area contributed by atoms with Gasteiger partial charge in [0.2, 0.25) is 10.0 Å². The van der Waals surface area contributed by atoms with Crippen LogP contribution < -0.4 is 4.72 Å². The van der Waals surface area contributed by atoms with E-state index in [0.717, 1.165) is 0 Å². The minimum Gasteiger partial charge on any atom is -0.392 e. The lowest BCUT2D eigenvalue weighted by molar-refractivity contribution is -0.0599. The summed E-state index contributed by atoms with van der Waals surface area (Å²) < 4.78 is 33.2. The summed E-state index contributed by atoms with van der Waals surface area (Å²) in [5.41, 5.74) is 0.161. The van der Waals surface area contributed by atoms with E-state index >= 15 is 0 Å². The predicted octanol–water partition coefficient (Wildman–Crippen LogP) is 2.07. The van der Waals surface area contributed by atoms with Gasteiger partial charge in [-0.25, -0.2) is 13.1 Å². The van der Waals surface area contributed by atoms with Gasteiger partial charge in [-0.3, -0.25) is 0 Å². The Hall–Kier alpha value is -0.660. The van der Waals surface area contributed by atoms with Crippen molar-refractivity contribution in [2.45, 2.75) is 49.8 Å². The summed E-state index contributed by atoms with van der Waals surface area (Å²) >= 11 is 5.99. The van der Waals surface area contributed by atoms with Gasteiger partial charge in [0.25, 0.3) is 0 Å². The zero-order chi connectivity index (χ0) is 15.7. The van der Waals surface area contributed by atoms with Gasteiger partial charge in [-0.15, -0.1) is 0 Å². The van der Waals surface area contributed by atoms with E-state index in [0.29, 0.717) is 25.0 Å². The average Bonchev–Trinajstić information content (AvgIpc) is 2.37. The summed E-state index contributed by atoms with van der Waals surface area (Å²) in [6.07, 6.45) is 1.23. The van der Waals surface area contributed by atoms with Crippen molar-refractivity contribution in [1.82, 2.24) is 4.72 Å². The molecule has 1 aliphatic heterocycles. The van der Waals surface area contributed by atoms with Crippen LogP contribution in [0.15, 0.2) is 23.1 Å². The van der Waals surface area contributed by atoms with Crippen molar-refractivity contribution in [2.75, 3.05) is 6.61 Å². The second kappa shape index (κ2) is 6.22. The third-order valence-corrected chi connectivity index (χ3v) is 5.49. The molecule has 2 N–H and O–H groups in total. The number of aliphatic hydroxyl groups is 1. The van der Waals surface area contributed by atoms with Crippen molar-refractivity contribution in [3.63, 3.8) is 0 Å². The van der Waals surface area contributed by atoms with Crippen LogP contribution in [-0.2, 0) is 21.4 Å². The van der Waals surface area contributed by atoms with E-state index in [-0.39, 0.29) is 28.2 Å². The number of rotatable bonds is 4. The van der Waals surface area contributed by atoms with Crippen LogP contribution in [0, 0.1) is 0 Å². The third-order valence-electron chi connectivity index (χ3n) is 3.49. The Morgan fingerprint density at radius 3 is 2.81 bits per heavy atom. The molecule has 1 aromatic rings. The molecule has 1 fully saturated rings. The minimum absolute atomic E-state index is 0.0000135. The maximum atomic E-state index is 12.5. The number of hydrogen-bond acceptors (Lipinski definition) is 4. The molecule has 1 unspecified atom stereocenters. The molecule has 2 rings (SSSR count). The highest BCUT2D eigenvalue weighted by atomic mass is 35.5. The van der Waals surface area contributed by atoms with Gasteiger partial charge < -0.3 is 9.84 Å². The Labute approximate surface area is 130 Å². The molecular weight excluding hydrogens is 314 g/mol. The number of halogens is 1. The predicted molar refractivity (Wildman–Crippen MR) is 80.7 cm³/mol. The third kappa shape index (κ3) is 4.17. The lowest BCUT2D eigenvalue weighted by Crippen LogP contribution is -2.45. The lowest BCUT2D eigenvalue weighted by Gasteiger charge is -2.35. The Morgan fingerprint density at radius 1 is 1.48 bits per heavy atom. The van der Waals surface area contributed by atoms with Crippen molar-refractivity contribution < 1.29 is 18.3 Å². The second-order valence-corrected chi connectivity index (χ2v) is 7.93. The molecule has 1 aliphatic rings. The molecular formula is C14H20ClNO4S. The first kappa shape index (κ1) is 16.7. The van der Waals surface area contributed by atoms with Gasteiger partial charge in [0, 0.05) is 12.6 Å². The molecule has 7 heteroatoms. The summed E-state index contributed by atoms with van der Waals surface area (Å²) in [5.74, 6) is 0. The fraction of sp³-hybridized carbons (Fsp3) is 0.571. The van der Waals surface area contributed by atoms with Crippen LogP contribution in [0.25, 0.3) is 0 Å². The quantitative estimate of drug-likeness (QED) is 0.884. The van der Waals surface area contributed by atoms with Crippen LogP contribution in [0.5, 0.6) is 0 Å². The molecule has 1 aromatic carbocycles. The molecule has 0 amide bonds. The first-order valence-corrected chi connectivity index (χ1v) is 8.65. The van der Waals surface area contributed by atoms with Crippen molar-refractivity contribution in [2.24, 2.45) is 0 Å². The molecule has 0 aliphatic carbocycles. The fourth-order valence-corrected chi connectivity index (χ4v) is 4.29. The molecule has 1 saturated heterocycles. The zero-order valence-corrected chi connectivity index (χ0v) is 13.7. The highest BCUT2D eigenvalue weighted by Gasteiger charge is 2.32. The highest BCUT2D eigenvalue weighted by Crippen LogP contribution is 2.27. The zero-order valence-electron chi connectivity index (χ0n) is 12.1. The van der Waals surface area contributed by atoms with Gasteiger partial charge in [-0.05, 0) is 44.4 Å². The van der Waals surface area contributed by atoms with Gasteiger partial charge in [0.05, 0.1) is 17.2 Å². The Kier molecular flexibility index (Phi) is 4.95. The van der Waals surface area contributed by atoms with Crippen molar-refractivity contribution >= 4 is 21.6 Å². The monoisotopic (exact) mass is 333 g/mol. The van der Waals surface area contributed by atoms with Crippen molar-refractivity contribution in [3.8, 4) is 0 Å². The number of sulfonamides is 1. The average molecular weight is 334 g/mol. The fourth-order valence-electron chi connectivity index (χ4n) is 2.47. The molecule has 0 radical (unpaired) electrons. The molecule has 118 valence electrons. The van der Waals surface area contributed by atoms with Gasteiger partial charge in [0.15, 0.2) is 0 Å². The van der Waals surface area contributed by atoms with Crippen molar-refractivity contribution in [3.05, 3.63) is 28.8 Å². The van der Waals surface area contributed by atoms with E-state index in [4.69, 9.17) is 21.4 Å². The Bertz CT molecular complexity index is 615. The van der Waals surface area contributed by atoms with Gasteiger partial charge in [-0.2, -0.15) is 0 Å². The normalized spacial score (nSPS) is 22.2. The van der Waals surface area contributed by atoms with E-state index in [1.54, 1.807) is 6.07 Å². The smallest absolute Gasteiger partial charge is 0.242 e. The second-order valence-electron chi connectivity index (χ2n) is 5.84. The number of ether oxygens (including phenoxy) is 1. The molecule has 0 spiro atoms. The maximum Gasteiger partial charge on any atom is 0.242 e. The topological polar surface area (TPSA) is 75.6 Å².